The zero-order valence-electron chi connectivity index (χ0n) is 6.44. The molecule has 2 aromatic rings. The second-order valence-corrected chi connectivity index (χ2v) is 2.42. The Morgan fingerprint density at radius 2 is 1.92 bits per heavy atom. The maximum Gasteiger partial charge on any atom is 0.115 e. The molecule has 1 heterocycles. The Bertz CT molecular complexity index is 305. The highest BCUT2D eigenvalue weighted by molar-refractivity contribution is 5.60. The van der Waals surface area contributed by atoms with Crippen molar-refractivity contribution in [3.05, 3.63) is 49.1 Å². The third-order valence-corrected chi connectivity index (χ3v) is 1.60. The standard InChI is InChI=1S/C10H7N2/c1-2-4-9(5-3-1)10-6-11-8-12-7-10/h1-2,4-8H. The minimum absolute atomic E-state index is 1.02. The lowest BCUT2D eigenvalue weighted by Crippen LogP contribution is -1.80. The first-order valence-electron chi connectivity index (χ1n) is 3.68. The average molecular weight is 155 g/mol. The van der Waals surface area contributed by atoms with Gasteiger partial charge in [-0.3, -0.25) is 0 Å². The van der Waals surface area contributed by atoms with Crippen LogP contribution in [0.2, 0.25) is 0 Å². The molecule has 57 valence electrons. The minimum atomic E-state index is 1.02. The van der Waals surface area contributed by atoms with Crippen LogP contribution < -0.4 is 0 Å². The Kier molecular flexibility index (Phi) is 1.82. The van der Waals surface area contributed by atoms with Gasteiger partial charge in [-0.05, 0) is 17.7 Å². The van der Waals surface area contributed by atoms with Gasteiger partial charge in [0.15, 0.2) is 0 Å². The summed E-state index contributed by atoms with van der Waals surface area (Å²) in [4.78, 5) is 7.87. The SMILES string of the molecule is [c]1cccc(-c2cncnc2)c1. The maximum absolute atomic E-state index is 3.94. The first-order valence-corrected chi connectivity index (χ1v) is 3.68. The monoisotopic (exact) mass is 155 g/mol. The molecule has 0 fully saturated rings. The number of hydrogen-bond donors (Lipinski definition) is 0. The summed E-state index contributed by atoms with van der Waals surface area (Å²) in [6.45, 7) is 0. The largest absolute Gasteiger partial charge is 0.244 e. The normalized spacial score (nSPS) is 9.67. The van der Waals surface area contributed by atoms with Crippen LogP contribution in [0.5, 0.6) is 0 Å². The molecule has 0 saturated heterocycles. The Morgan fingerprint density at radius 1 is 1.08 bits per heavy atom. The Labute approximate surface area is 70.9 Å². The fraction of sp³-hybridized carbons (Fsp3) is 0. The van der Waals surface area contributed by atoms with Crippen LogP contribution in [0.3, 0.4) is 0 Å². The van der Waals surface area contributed by atoms with Crippen molar-refractivity contribution < 1.29 is 0 Å². The van der Waals surface area contributed by atoms with Gasteiger partial charge in [0.1, 0.15) is 6.33 Å². The summed E-state index contributed by atoms with van der Waals surface area (Å²) < 4.78 is 0. The van der Waals surface area contributed by atoms with Crippen LogP contribution in [0.1, 0.15) is 0 Å². The lowest BCUT2D eigenvalue weighted by molar-refractivity contribution is 1.17. The summed E-state index contributed by atoms with van der Waals surface area (Å²) in [5.74, 6) is 0. The molecule has 1 aromatic heterocycles. The highest BCUT2D eigenvalue weighted by Gasteiger charge is 1.93. The number of nitrogens with zero attached hydrogens (tertiary/aromatic N) is 2. The van der Waals surface area contributed by atoms with Crippen molar-refractivity contribution in [1.82, 2.24) is 9.97 Å². The van der Waals surface area contributed by atoms with Crippen LogP contribution in [0.15, 0.2) is 43.0 Å². The highest BCUT2D eigenvalue weighted by atomic mass is 14.8. The molecule has 0 aliphatic heterocycles. The summed E-state index contributed by atoms with van der Waals surface area (Å²) in [6, 6.07) is 10.7. The number of aromatic nitrogens is 2. The Morgan fingerprint density at radius 3 is 2.58 bits per heavy atom. The van der Waals surface area contributed by atoms with Crippen LogP contribution in [0, 0.1) is 6.07 Å². The zero-order valence-corrected chi connectivity index (χ0v) is 6.44. The highest BCUT2D eigenvalue weighted by Crippen LogP contribution is 2.14. The van der Waals surface area contributed by atoms with Crippen LogP contribution >= 0.6 is 0 Å². The summed E-state index contributed by atoms with van der Waals surface area (Å²) in [5, 5.41) is 0. The topological polar surface area (TPSA) is 25.8 Å². The van der Waals surface area contributed by atoms with Gasteiger partial charge in [-0.15, -0.1) is 0 Å². The van der Waals surface area contributed by atoms with Crippen molar-refractivity contribution in [3.8, 4) is 11.1 Å². The molecule has 0 aliphatic carbocycles. The molecular formula is C10H7N2. The average Bonchev–Trinajstić information content (AvgIpc) is 2.21. The zero-order chi connectivity index (χ0) is 8.23. The number of hydrogen-bond acceptors (Lipinski definition) is 2. The molecule has 2 nitrogen and oxygen atoms in total. The predicted octanol–water partition coefficient (Wildman–Crippen LogP) is 1.94. The van der Waals surface area contributed by atoms with Gasteiger partial charge in [0.05, 0.1) is 0 Å². The van der Waals surface area contributed by atoms with E-state index in [1.165, 1.54) is 6.33 Å². The van der Waals surface area contributed by atoms with E-state index in [1.807, 2.05) is 24.3 Å². The van der Waals surface area contributed by atoms with Gasteiger partial charge < -0.3 is 0 Å². The molecule has 0 amide bonds. The molecule has 0 bridgehead atoms. The van der Waals surface area contributed by atoms with Crippen molar-refractivity contribution in [3.63, 3.8) is 0 Å². The predicted molar refractivity (Wildman–Crippen MR) is 46.3 cm³/mol. The summed E-state index contributed by atoms with van der Waals surface area (Å²) >= 11 is 0. The summed E-state index contributed by atoms with van der Waals surface area (Å²) in [6.07, 6.45) is 5.10. The minimum Gasteiger partial charge on any atom is -0.244 e. The lowest BCUT2D eigenvalue weighted by atomic mass is 10.1. The van der Waals surface area contributed by atoms with E-state index in [-0.39, 0.29) is 0 Å². The fourth-order valence-electron chi connectivity index (χ4n) is 1.02. The van der Waals surface area contributed by atoms with Crippen LogP contribution in [0.25, 0.3) is 11.1 Å². The molecule has 0 aliphatic rings. The first kappa shape index (κ1) is 6.98. The van der Waals surface area contributed by atoms with Crippen LogP contribution in [-0.4, -0.2) is 9.97 Å². The molecule has 12 heavy (non-hydrogen) atoms. The Hall–Kier alpha value is -1.70. The Balaban J connectivity index is 2.46. The smallest absolute Gasteiger partial charge is 0.115 e. The van der Waals surface area contributed by atoms with Crippen LogP contribution in [0.4, 0.5) is 0 Å². The third kappa shape index (κ3) is 1.32. The van der Waals surface area contributed by atoms with Gasteiger partial charge in [-0.1, -0.05) is 18.2 Å². The van der Waals surface area contributed by atoms with Crippen molar-refractivity contribution in [2.45, 2.75) is 0 Å². The van der Waals surface area contributed by atoms with Gasteiger partial charge in [0.2, 0.25) is 0 Å². The molecule has 2 heteroatoms. The van der Waals surface area contributed by atoms with Crippen LogP contribution in [-0.2, 0) is 0 Å². The summed E-state index contributed by atoms with van der Waals surface area (Å²) in [5.41, 5.74) is 2.12. The third-order valence-electron chi connectivity index (χ3n) is 1.60. The molecule has 1 aromatic carbocycles. The molecule has 0 N–H and O–H groups in total. The second kappa shape index (κ2) is 3.13. The van der Waals surface area contributed by atoms with E-state index >= 15 is 0 Å². The number of benzene rings is 1. The van der Waals surface area contributed by atoms with E-state index in [0.717, 1.165) is 11.1 Å². The van der Waals surface area contributed by atoms with Gasteiger partial charge in [-0.25, -0.2) is 9.97 Å². The van der Waals surface area contributed by atoms with E-state index in [1.54, 1.807) is 12.4 Å². The second-order valence-electron chi connectivity index (χ2n) is 2.42. The van der Waals surface area contributed by atoms with Gasteiger partial charge >= 0.3 is 0 Å². The van der Waals surface area contributed by atoms with Crippen molar-refractivity contribution >= 4 is 0 Å². The van der Waals surface area contributed by atoms with Crippen molar-refractivity contribution in [1.29, 1.82) is 0 Å². The molecule has 2 rings (SSSR count). The lowest BCUT2D eigenvalue weighted by Gasteiger charge is -1.96. The van der Waals surface area contributed by atoms with Gasteiger partial charge in [0, 0.05) is 18.0 Å². The molecular weight excluding hydrogens is 148 g/mol. The fourth-order valence-corrected chi connectivity index (χ4v) is 1.02. The van der Waals surface area contributed by atoms with Gasteiger partial charge in [0.25, 0.3) is 0 Å². The molecule has 0 spiro atoms. The van der Waals surface area contributed by atoms with Crippen molar-refractivity contribution in [2.24, 2.45) is 0 Å². The maximum atomic E-state index is 3.94. The molecule has 0 saturated carbocycles. The molecule has 0 unspecified atom stereocenters. The first-order chi connectivity index (χ1) is 5.97. The van der Waals surface area contributed by atoms with E-state index in [4.69, 9.17) is 0 Å². The summed E-state index contributed by atoms with van der Waals surface area (Å²) in [7, 11) is 0. The number of rotatable bonds is 1. The quantitative estimate of drug-likeness (QED) is 0.629. The van der Waals surface area contributed by atoms with Gasteiger partial charge in [-0.2, -0.15) is 0 Å². The molecule has 1 radical (unpaired) electrons. The van der Waals surface area contributed by atoms with E-state index < -0.39 is 0 Å². The van der Waals surface area contributed by atoms with Crippen molar-refractivity contribution in [2.75, 3.05) is 0 Å². The van der Waals surface area contributed by atoms with E-state index in [2.05, 4.69) is 16.0 Å². The van der Waals surface area contributed by atoms with E-state index in [0.29, 0.717) is 0 Å². The molecule has 0 atom stereocenters. The van der Waals surface area contributed by atoms with E-state index in [9.17, 15) is 0 Å².